The van der Waals surface area contributed by atoms with Crippen molar-refractivity contribution in [3.63, 3.8) is 0 Å². The lowest BCUT2D eigenvalue weighted by atomic mass is 10.0. The third-order valence-corrected chi connectivity index (χ3v) is 12.2. The molecule has 0 spiro atoms. The fourth-order valence-electron chi connectivity index (χ4n) is 7.49. The van der Waals surface area contributed by atoms with Crippen LogP contribution in [0.3, 0.4) is 0 Å². The van der Waals surface area contributed by atoms with Gasteiger partial charge in [-0.3, -0.25) is 10.1 Å². The lowest BCUT2D eigenvalue weighted by Gasteiger charge is -2.23. The predicted octanol–water partition coefficient (Wildman–Crippen LogP) is 16.6. The molecule has 0 saturated carbocycles. The second-order valence-corrected chi connectivity index (χ2v) is 18.4. The van der Waals surface area contributed by atoms with Crippen LogP contribution in [0.1, 0.15) is 161 Å². The number of esters is 1. The van der Waals surface area contributed by atoms with Gasteiger partial charge in [-0.25, -0.2) is 4.79 Å². The van der Waals surface area contributed by atoms with Crippen LogP contribution >= 0.6 is 22.6 Å². The summed E-state index contributed by atoms with van der Waals surface area (Å²) in [6, 6.07) is 21.8. The molecular formula is C53H73IN4O7. The molecule has 0 aliphatic carbocycles. The number of halogens is 1. The number of hydrogen-bond acceptors (Lipinski definition) is 10. The molecule has 0 aliphatic heterocycles. The standard InChI is InChI=1S/C53H73IN4O7/c1-8-11-14-17-18-19-20-23-34-62-44-32-30-42(31-33-44)41-26-28-43(29-27-41)53(59)65-51-38-49(57(6)7)52(64-40(5)25-22-16-13-10-3)36-47(51)56-55-46-35-45(54)48(58(60)61)37-50(46)63-39(4)24-21-15-12-9-2/h26-33,35-40H,8-25,34H2,1-7H3/t39-,40+/m0/s1. The van der Waals surface area contributed by atoms with E-state index in [1.165, 1.54) is 57.4 Å². The molecule has 2 atom stereocenters. The van der Waals surface area contributed by atoms with Gasteiger partial charge in [-0.1, -0.05) is 129 Å². The maximum atomic E-state index is 13.9. The number of ether oxygens (including phenoxy) is 4. The van der Waals surface area contributed by atoms with Crippen molar-refractivity contribution in [2.24, 2.45) is 10.2 Å². The summed E-state index contributed by atoms with van der Waals surface area (Å²) in [4.78, 5) is 27.3. The Labute approximate surface area is 402 Å². The summed E-state index contributed by atoms with van der Waals surface area (Å²) < 4.78 is 25.4. The smallest absolute Gasteiger partial charge is 0.343 e. The summed E-state index contributed by atoms with van der Waals surface area (Å²) in [5, 5.41) is 21.2. The van der Waals surface area contributed by atoms with Crippen LogP contribution in [-0.4, -0.2) is 43.8 Å². The van der Waals surface area contributed by atoms with E-state index in [2.05, 4.69) is 37.9 Å². The van der Waals surface area contributed by atoms with Gasteiger partial charge >= 0.3 is 5.97 Å². The molecule has 0 aliphatic rings. The van der Waals surface area contributed by atoms with Crippen molar-refractivity contribution in [2.75, 3.05) is 25.6 Å². The van der Waals surface area contributed by atoms with E-state index < -0.39 is 10.9 Å². The van der Waals surface area contributed by atoms with E-state index in [0.717, 1.165) is 81.1 Å². The van der Waals surface area contributed by atoms with Crippen LogP contribution < -0.4 is 23.8 Å². The zero-order chi connectivity index (χ0) is 47.0. The number of anilines is 1. The Morgan fingerprint density at radius 1 is 0.646 bits per heavy atom. The van der Waals surface area contributed by atoms with Gasteiger partial charge in [0, 0.05) is 26.2 Å². The van der Waals surface area contributed by atoms with Gasteiger partial charge in [0.1, 0.15) is 22.9 Å². The van der Waals surface area contributed by atoms with Gasteiger partial charge in [0.05, 0.1) is 44.6 Å². The van der Waals surface area contributed by atoms with Gasteiger partial charge in [-0.05, 0) is 110 Å². The van der Waals surface area contributed by atoms with E-state index in [1.54, 1.807) is 30.3 Å². The SMILES string of the molecule is CCCCCCCCCCOc1ccc(-c2ccc(C(=O)Oc3cc(N(C)C)c(O[C@H](C)CCCCCC)cc3N=Nc3cc(I)c([N+](=O)[O-])cc3O[C@@H](C)CCCCCC)cc2)cc1. The van der Waals surface area contributed by atoms with Crippen LogP contribution in [0.15, 0.2) is 83.0 Å². The number of nitrogens with zero attached hydrogens (tertiary/aromatic N) is 4. The summed E-state index contributed by atoms with van der Waals surface area (Å²) in [5.41, 5.74) is 3.53. The topological polar surface area (TPSA) is 125 Å². The minimum atomic E-state index is -0.564. The average molecular weight is 1010 g/mol. The van der Waals surface area contributed by atoms with Crippen LogP contribution in [0.5, 0.6) is 23.0 Å². The molecule has 0 bridgehead atoms. The predicted molar refractivity (Wildman–Crippen MR) is 273 cm³/mol. The second-order valence-electron chi connectivity index (χ2n) is 17.3. The van der Waals surface area contributed by atoms with E-state index in [4.69, 9.17) is 18.9 Å². The van der Waals surface area contributed by atoms with E-state index >= 15 is 0 Å². The number of nitro benzene ring substituents is 1. The zero-order valence-electron chi connectivity index (χ0n) is 40.0. The fraction of sp³-hybridized carbons (Fsp3) is 0.528. The Morgan fingerprint density at radius 2 is 1.14 bits per heavy atom. The lowest BCUT2D eigenvalue weighted by Crippen LogP contribution is -2.16. The third-order valence-electron chi connectivity index (χ3n) is 11.4. The van der Waals surface area contributed by atoms with Crippen molar-refractivity contribution < 1.29 is 28.7 Å². The molecular weight excluding hydrogens is 932 g/mol. The van der Waals surface area contributed by atoms with Crippen molar-refractivity contribution in [1.29, 1.82) is 0 Å². The van der Waals surface area contributed by atoms with Crippen molar-refractivity contribution >= 4 is 51.3 Å². The summed E-state index contributed by atoms with van der Waals surface area (Å²) in [6.45, 7) is 11.3. The molecule has 0 heterocycles. The highest BCUT2D eigenvalue weighted by atomic mass is 127. The fourth-order valence-corrected chi connectivity index (χ4v) is 8.14. The van der Waals surface area contributed by atoms with Crippen LogP contribution in [0.4, 0.5) is 22.7 Å². The normalized spacial score (nSPS) is 12.2. The minimum Gasteiger partial charge on any atom is -0.494 e. The molecule has 0 unspecified atom stereocenters. The number of carbonyl (C=O) groups is 1. The number of nitro groups is 1. The second kappa shape index (κ2) is 29.0. The number of benzene rings is 4. The van der Waals surface area contributed by atoms with Crippen LogP contribution in [-0.2, 0) is 0 Å². The van der Waals surface area contributed by atoms with Gasteiger partial charge in [-0.15, -0.1) is 10.2 Å². The Bertz CT molecular complexity index is 2070. The van der Waals surface area contributed by atoms with E-state index in [-0.39, 0.29) is 35.1 Å². The van der Waals surface area contributed by atoms with E-state index in [0.29, 0.717) is 32.9 Å². The number of unbranched alkanes of at least 4 members (excludes halogenated alkanes) is 13. The Kier molecular flexibility index (Phi) is 23.6. The van der Waals surface area contributed by atoms with Gasteiger partial charge in [-0.2, -0.15) is 0 Å². The lowest BCUT2D eigenvalue weighted by molar-refractivity contribution is -0.385. The highest BCUT2D eigenvalue weighted by Crippen LogP contribution is 2.43. The van der Waals surface area contributed by atoms with Gasteiger partial charge in [0.15, 0.2) is 11.5 Å². The largest absolute Gasteiger partial charge is 0.494 e. The molecule has 0 amide bonds. The molecule has 354 valence electrons. The first-order chi connectivity index (χ1) is 31.4. The van der Waals surface area contributed by atoms with Crippen molar-refractivity contribution in [2.45, 2.75) is 162 Å². The molecule has 4 rings (SSSR count). The highest BCUT2D eigenvalue weighted by Gasteiger charge is 2.22. The van der Waals surface area contributed by atoms with Crippen LogP contribution in [0.2, 0.25) is 0 Å². The number of carbonyl (C=O) groups excluding carboxylic acids is 1. The summed E-state index contributed by atoms with van der Waals surface area (Å²) in [5.74, 6) is 1.28. The Balaban J connectivity index is 1.57. The molecule has 0 aromatic heterocycles. The molecule has 0 fully saturated rings. The highest BCUT2D eigenvalue weighted by molar-refractivity contribution is 14.1. The first-order valence-corrected chi connectivity index (χ1v) is 25.2. The summed E-state index contributed by atoms with van der Waals surface area (Å²) in [6.07, 6.45) is 20.3. The van der Waals surface area contributed by atoms with Crippen molar-refractivity contribution in [3.8, 4) is 34.1 Å². The van der Waals surface area contributed by atoms with E-state index in [9.17, 15) is 14.9 Å². The van der Waals surface area contributed by atoms with Crippen LogP contribution in [0, 0.1) is 13.7 Å². The average Bonchev–Trinajstić information content (AvgIpc) is 3.29. The molecule has 0 saturated heterocycles. The van der Waals surface area contributed by atoms with E-state index in [1.807, 2.05) is 84.9 Å². The summed E-state index contributed by atoms with van der Waals surface area (Å²) >= 11 is 1.93. The maximum absolute atomic E-state index is 13.9. The van der Waals surface area contributed by atoms with Crippen molar-refractivity contribution in [3.05, 3.63) is 92.0 Å². The third kappa shape index (κ3) is 18.2. The first kappa shape index (κ1) is 52.9. The number of hydrogen-bond donors (Lipinski definition) is 0. The molecule has 0 radical (unpaired) electrons. The first-order valence-electron chi connectivity index (χ1n) is 24.1. The minimum absolute atomic E-state index is 0.0762. The zero-order valence-corrected chi connectivity index (χ0v) is 42.2. The monoisotopic (exact) mass is 1000 g/mol. The van der Waals surface area contributed by atoms with Gasteiger partial charge in [0.25, 0.3) is 5.69 Å². The Morgan fingerprint density at radius 3 is 1.68 bits per heavy atom. The molecule has 4 aromatic carbocycles. The molecule has 0 N–H and O–H groups in total. The quantitative estimate of drug-likeness (QED) is 0.00928. The number of rotatable bonds is 31. The summed E-state index contributed by atoms with van der Waals surface area (Å²) in [7, 11) is 3.81. The van der Waals surface area contributed by atoms with Gasteiger partial charge in [0.2, 0.25) is 0 Å². The number of azo groups is 1. The van der Waals surface area contributed by atoms with Crippen molar-refractivity contribution in [1.82, 2.24) is 0 Å². The Hall–Kier alpha value is -4.72. The van der Waals surface area contributed by atoms with Crippen LogP contribution in [0.25, 0.3) is 11.1 Å². The molecule has 12 heteroatoms. The molecule has 11 nitrogen and oxygen atoms in total. The molecule has 65 heavy (non-hydrogen) atoms. The van der Waals surface area contributed by atoms with Gasteiger partial charge < -0.3 is 23.8 Å². The maximum Gasteiger partial charge on any atom is 0.343 e. The molecule has 4 aromatic rings.